The maximum Gasteiger partial charge on any atom is 0.306 e. The van der Waals surface area contributed by atoms with E-state index in [1.807, 2.05) is 54.7 Å². The van der Waals surface area contributed by atoms with Crippen molar-refractivity contribution in [2.24, 2.45) is 0 Å². The monoisotopic (exact) mass is 818 g/mol. The SMILES string of the molecule is CC/C=C/C=C/C=C\C=C/C=C/CC(CC(=O)NC(CO)C(O)CCCCCCCCCCCCCC)OC(=O)CCC/C=C\C/C=C\C/C=C\C/C=C\CCCCC. The number of nitrogens with one attached hydrogen (secondary N) is 1. The summed E-state index contributed by atoms with van der Waals surface area (Å²) in [7, 11) is 0. The van der Waals surface area contributed by atoms with Gasteiger partial charge in [0.2, 0.25) is 5.91 Å². The first-order chi connectivity index (χ1) is 29.0. The van der Waals surface area contributed by atoms with Crippen LogP contribution in [0.4, 0.5) is 0 Å². The van der Waals surface area contributed by atoms with Crippen LogP contribution in [-0.2, 0) is 14.3 Å². The zero-order valence-corrected chi connectivity index (χ0v) is 37.8. The predicted molar refractivity (Wildman–Crippen MR) is 254 cm³/mol. The van der Waals surface area contributed by atoms with Crippen molar-refractivity contribution in [3.63, 3.8) is 0 Å². The Hall–Kier alpha value is -3.48. The number of ether oxygens (including phenoxy) is 1. The Labute approximate surface area is 362 Å². The molecule has 0 spiro atoms. The van der Waals surface area contributed by atoms with Crippen molar-refractivity contribution >= 4 is 11.9 Å². The normalized spacial score (nSPS) is 14.3. The van der Waals surface area contributed by atoms with E-state index in [0.29, 0.717) is 19.3 Å². The molecule has 1 amide bonds. The third kappa shape index (κ3) is 41.1. The molecular formula is C53H87NO5. The number of aliphatic hydroxyl groups is 2. The van der Waals surface area contributed by atoms with Crippen molar-refractivity contribution in [1.82, 2.24) is 5.32 Å². The lowest BCUT2D eigenvalue weighted by Crippen LogP contribution is -2.46. The van der Waals surface area contributed by atoms with Crippen molar-refractivity contribution in [2.45, 2.75) is 206 Å². The standard InChI is InChI=1S/C53H87NO5/c1-4-7-10-13-16-19-22-24-25-26-27-28-31-34-37-40-43-46-53(58)59-49(44-41-38-35-32-29-21-18-15-12-9-6-3)47-52(57)54-50(48-55)51(56)45-42-39-36-33-30-23-20-17-14-11-8-5-2/h9,12,15-16,18-19,21,24-25,27-29,32,34-35,37-38,41,49-51,55-56H,4-8,10-11,13-14,17,20,22-23,26,30-31,33,36,39-40,42-48H2,1-3H3,(H,54,57)/b12-9+,18-15+,19-16-,25-24-,28-27-,29-21-,35-32-,37-34-,41-38+. The van der Waals surface area contributed by atoms with Gasteiger partial charge in [-0.1, -0.05) is 220 Å². The lowest BCUT2D eigenvalue weighted by molar-refractivity contribution is -0.150. The van der Waals surface area contributed by atoms with Gasteiger partial charge in [0.1, 0.15) is 6.10 Å². The number of unbranched alkanes of at least 4 members (excludes halogenated alkanes) is 15. The minimum atomic E-state index is -0.832. The molecule has 6 nitrogen and oxygen atoms in total. The van der Waals surface area contributed by atoms with Crippen LogP contribution in [0.1, 0.15) is 188 Å². The number of carbonyl (C=O) groups excluding carboxylic acids is 2. The summed E-state index contributed by atoms with van der Waals surface area (Å²) in [4.78, 5) is 25.9. The van der Waals surface area contributed by atoms with E-state index in [4.69, 9.17) is 4.74 Å². The molecule has 0 saturated carbocycles. The van der Waals surface area contributed by atoms with E-state index in [1.54, 1.807) is 0 Å². The summed E-state index contributed by atoms with van der Waals surface area (Å²) >= 11 is 0. The van der Waals surface area contributed by atoms with Gasteiger partial charge < -0.3 is 20.3 Å². The Morgan fingerprint density at radius 1 is 0.542 bits per heavy atom. The third-order valence-electron chi connectivity index (χ3n) is 9.97. The summed E-state index contributed by atoms with van der Waals surface area (Å²) in [5.41, 5.74) is 0. The molecule has 3 N–H and O–H groups in total. The second-order valence-corrected chi connectivity index (χ2v) is 15.6. The van der Waals surface area contributed by atoms with Crippen LogP contribution >= 0.6 is 0 Å². The third-order valence-corrected chi connectivity index (χ3v) is 9.97. The number of rotatable bonds is 40. The second-order valence-electron chi connectivity index (χ2n) is 15.6. The maximum absolute atomic E-state index is 13.1. The number of allylic oxidation sites excluding steroid dienone is 17. The van der Waals surface area contributed by atoms with Crippen LogP contribution in [-0.4, -0.2) is 46.9 Å². The smallest absolute Gasteiger partial charge is 0.306 e. The number of hydrogen-bond acceptors (Lipinski definition) is 5. The molecule has 0 aromatic carbocycles. The van der Waals surface area contributed by atoms with Gasteiger partial charge in [-0.3, -0.25) is 9.59 Å². The highest BCUT2D eigenvalue weighted by Crippen LogP contribution is 2.15. The Bertz CT molecular complexity index is 1240. The average Bonchev–Trinajstić information content (AvgIpc) is 3.23. The van der Waals surface area contributed by atoms with E-state index >= 15 is 0 Å². The molecule has 0 saturated heterocycles. The van der Waals surface area contributed by atoms with Gasteiger partial charge in [0.05, 0.1) is 25.2 Å². The van der Waals surface area contributed by atoms with E-state index in [-0.39, 0.29) is 31.3 Å². The first-order valence-corrected chi connectivity index (χ1v) is 23.7. The van der Waals surface area contributed by atoms with Gasteiger partial charge in [-0.25, -0.2) is 0 Å². The molecule has 0 aliphatic carbocycles. The van der Waals surface area contributed by atoms with E-state index < -0.39 is 18.2 Å². The van der Waals surface area contributed by atoms with Crippen molar-refractivity contribution in [3.8, 4) is 0 Å². The van der Waals surface area contributed by atoms with Gasteiger partial charge in [-0.2, -0.15) is 0 Å². The fourth-order valence-corrected chi connectivity index (χ4v) is 6.38. The van der Waals surface area contributed by atoms with Gasteiger partial charge in [0, 0.05) is 12.8 Å². The molecule has 0 aromatic rings. The quantitative estimate of drug-likeness (QED) is 0.0248. The fraction of sp³-hybridized carbons (Fsp3) is 0.623. The molecule has 0 aliphatic heterocycles. The Balaban J connectivity index is 4.80. The molecule has 334 valence electrons. The summed E-state index contributed by atoms with van der Waals surface area (Å²) in [5, 5.41) is 23.6. The summed E-state index contributed by atoms with van der Waals surface area (Å²) in [6.45, 7) is 6.23. The number of esters is 1. The number of carbonyl (C=O) groups is 2. The van der Waals surface area contributed by atoms with E-state index in [1.165, 1.54) is 83.5 Å². The van der Waals surface area contributed by atoms with Crippen LogP contribution in [0.25, 0.3) is 0 Å². The maximum atomic E-state index is 13.1. The highest BCUT2D eigenvalue weighted by atomic mass is 16.5. The van der Waals surface area contributed by atoms with Gasteiger partial charge in [0.15, 0.2) is 0 Å². The lowest BCUT2D eigenvalue weighted by Gasteiger charge is -2.24. The van der Waals surface area contributed by atoms with E-state index in [0.717, 1.165) is 51.4 Å². The molecule has 0 heterocycles. The van der Waals surface area contributed by atoms with Crippen molar-refractivity contribution in [3.05, 3.63) is 109 Å². The summed E-state index contributed by atoms with van der Waals surface area (Å²) in [5.74, 6) is -0.687. The number of aliphatic hydroxyl groups excluding tert-OH is 2. The first kappa shape index (κ1) is 55.5. The van der Waals surface area contributed by atoms with Crippen molar-refractivity contribution < 1.29 is 24.5 Å². The Kier molecular flexibility index (Phi) is 42.9. The topological polar surface area (TPSA) is 95.9 Å². The zero-order chi connectivity index (χ0) is 43.1. The van der Waals surface area contributed by atoms with Crippen molar-refractivity contribution in [2.75, 3.05) is 6.61 Å². The Morgan fingerprint density at radius 2 is 1.00 bits per heavy atom. The molecule has 3 unspecified atom stereocenters. The highest BCUT2D eigenvalue weighted by Gasteiger charge is 2.23. The van der Waals surface area contributed by atoms with Crippen LogP contribution in [0.2, 0.25) is 0 Å². The van der Waals surface area contributed by atoms with Gasteiger partial charge in [0.25, 0.3) is 0 Å². The summed E-state index contributed by atoms with van der Waals surface area (Å²) in [6, 6.07) is -0.756. The van der Waals surface area contributed by atoms with E-state index in [2.05, 4.69) is 80.8 Å². The fourth-order valence-electron chi connectivity index (χ4n) is 6.38. The van der Waals surface area contributed by atoms with Crippen LogP contribution in [0.5, 0.6) is 0 Å². The van der Waals surface area contributed by atoms with E-state index in [9.17, 15) is 19.8 Å². The highest BCUT2D eigenvalue weighted by molar-refractivity contribution is 5.77. The summed E-state index contributed by atoms with van der Waals surface area (Å²) < 4.78 is 5.79. The van der Waals surface area contributed by atoms with Crippen LogP contribution in [0.15, 0.2) is 109 Å². The van der Waals surface area contributed by atoms with Crippen LogP contribution in [0.3, 0.4) is 0 Å². The molecule has 3 atom stereocenters. The minimum absolute atomic E-state index is 0.0469. The van der Waals surface area contributed by atoms with Crippen LogP contribution in [0, 0.1) is 0 Å². The average molecular weight is 818 g/mol. The lowest BCUT2D eigenvalue weighted by atomic mass is 10.0. The molecule has 59 heavy (non-hydrogen) atoms. The minimum Gasteiger partial charge on any atom is -0.461 e. The molecule has 0 aliphatic rings. The summed E-state index contributed by atoms with van der Waals surface area (Å²) in [6.07, 6.45) is 61.7. The number of hydrogen-bond donors (Lipinski definition) is 3. The first-order valence-electron chi connectivity index (χ1n) is 23.7. The molecule has 0 fully saturated rings. The predicted octanol–water partition coefficient (Wildman–Crippen LogP) is 13.9. The largest absolute Gasteiger partial charge is 0.461 e. The second kappa shape index (κ2) is 45.6. The number of amides is 1. The molecule has 0 aromatic heterocycles. The van der Waals surface area contributed by atoms with Gasteiger partial charge in [-0.05, 0) is 57.8 Å². The molecule has 6 heteroatoms. The van der Waals surface area contributed by atoms with Gasteiger partial charge in [-0.15, -0.1) is 0 Å². The molecule has 0 bridgehead atoms. The van der Waals surface area contributed by atoms with Crippen LogP contribution < -0.4 is 5.32 Å². The molecular weight excluding hydrogens is 731 g/mol. The van der Waals surface area contributed by atoms with Gasteiger partial charge >= 0.3 is 5.97 Å². The molecule has 0 rings (SSSR count). The zero-order valence-electron chi connectivity index (χ0n) is 37.8. The molecule has 0 radical (unpaired) electrons. The Morgan fingerprint density at radius 3 is 1.53 bits per heavy atom. The van der Waals surface area contributed by atoms with Crippen molar-refractivity contribution in [1.29, 1.82) is 0 Å².